The number of nitrogens with zero attached hydrogens (tertiary/aromatic N) is 2. The van der Waals surface area contributed by atoms with E-state index in [1.807, 2.05) is 13.8 Å². The van der Waals surface area contributed by atoms with Crippen molar-refractivity contribution in [2.45, 2.75) is 19.9 Å². The molecule has 1 rings (SSSR count). The molecule has 0 aliphatic rings. The number of anilines is 2. The van der Waals surface area contributed by atoms with Gasteiger partial charge in [-0.1, -0.05) is 0 Å². The van der Waals surface area contributed by atoms with Crippen LogP contribution in [-0.4, -0.2) is 11.0 Å². The highest BCUT2D eigenvalue weighted by atomic mass is 15.1. The van der Waals surface area contributed by atoms with Crippen LogP contribution in [0.3, 0.4) is 0 Å². The van der Waals surface area contributed by atoms with E-state index in [4.69, 9.17) is 11.3 Å². The van der Waals surface area contributed by atoms with Crippen LogP contribution in [0.1, 0.15) is 13.8 Å². The Morgan fingerprint density at radius 1 is 1.62 bits per heavy atom. The Bertz CT molecular complexity index is 307. The van der Waals surface area contributed by atoms with E-state index in [-0.39, 0.29) is 6.04 Å². The van der Waals surface area contributed by atoms with Crippen molar-refractivity contribution >= 4 is 17.2 Å². The Balaban J connectivity index is 3.05. The van der Waals surface area contributed by atoms with E-state index >= 15 is 0 Å². The number of hydrogen-bond donors (Lipinski definition) is 3. The molecule has 0 bridgehead atoms. The number of pyridine rings is 1. The van der Waals surface area contributed by atoms with Gasteiger partial charge in [0, 0.05) is 12.2 Å². The van der Waals surface area contributed by atoms with E-state index < -0.39 is 0 Å². The van der Waals surface area contributed by atoms with Crippen LogP contribution in [-0.2, 0) is 0 Å². The Morgan fingerprint density at radius 2 is 2.31 bits per heavy atom. The van der Waals surface area contributed by atoms with Crippen LogP contribution in [0, 0.1) is 5.53 Å². The molecular weight excluding hydrogens is 166 g/mol. The average Bonchev–Trinajstić information content (AvgIpc) is 2.03. The molecule has 4 N–H and O–H groups in total. The molecule has 0 amide bonds. The first-order chi connectivity index (χ1) is 6.15. The summed E-state index contributed by atoms with van der Waals surface area (Å²) in [7, 11) is 0. The normalized spacial score (nSPS) is 10.1. The zero-order valence-electron chi connectivity index (χ0n) is 7.70. The number of nitrogens with one attached hydrogen (secondary N) is 2. The maximum atomic E-state index is 6.93. The second-order valence-corrected chi connectivity index (χ2v) is 3.01. The van der Waals surface area contributed by atoms with Crippen LogP contribution in [0.4, 0.5) is 17.2 Å². The van der Waals surface area contributed by atoms with Gasteiger partial charge < -0.3 is 11.1 Å². The summed E-state index contributed by atoms with van der Waals surface area (Å²) in [5.41, 5.74) is 13.4. The summed E-state index contributed by atoms with van der Waals surface area (Å²) in [5.74, 6) is 0.560. The molecular formula is C8H13N5. The highest BCUT2D eigenvalue weighted by Gasteiger charge is 2.06. The highest BCUT2D eigenvalue weighted by Crippen LogP contribution is 2.28. The van der Waals surface area contributed by atoms with Gasteiger partial charge in [-0.05, 0) is 19.9 Å². The van der Waals surface area contributed by atoms with Gasteiger partial charge in [0.15, 0.2) is 11.5 Å². The second-order valence-electron chi connectivity index (χ2n) is 3.01. The molecule has 0 saturated heterocycles. The third-order valence-electron chi connectivity index (χ3n) is 1.49. The minimum Gasteiger partial charge on any atom is -0.397 e. The van der Waals surface area contributed by atoms with E-state index in [2.05, 4.69) is 15.4 Å². The van der Waals surface area contributed by atoms with Crippen molar-refractivity contribution in [3.8, 4) is 0 Å². The van der Waals surface area contributed by atoms with Crippen molar-refractivity contribution in [3.63, 3.8) is 0 Å². The minimum absolute atomic E-state index is 0.245. The fraction of sp³-hybridized carbons (Fsp3) is 0.375. The van der Waals surface area contributed by atoms with Gasteiger partial charge in [-0.15, -0.1) is 0 Å². The van der Waals surface area contributed by atoms with Crippen LogP contribution >= 0.6 is 0 Å². The molecule has 13 heavy (non-hydrogen) atoms. The third kappa shape index (κ3) is 2.14. The molecule has 1 aromatic heterocycles. The van der Waals surface area contributed by atoms with Crippen LogP contribution in [0.5, 0.6) is 0 Å². The summed E-state index contributed by atoms with van der Waals surface area (Å²) in [4.78, 5) is 4.05. The molecule has 0 fully saturated rings. The molecule has 0 saturated carbocycles. The Kier molecular flexibility index (Phi) is 2.79. The van der Waals surface area contributed by atoms with E-state index in [1.165, 1.54) is 0 Å². The van der Waals surface area contributed by atoms with Crippen LogP contribution in [0.25, 0.3) is 0 Å². The average molecular weight is 179 g/mol. The zero-order chi connectivity index (χ0) is 9.84. The Hall–Kier alpha value is -1.65. The van der Waals surface area contributed by atoms with Crippen molar-refractivity contribution < 1.29 is 0 Å². The van der Waals surface area contributed by atoms with Crippen LogP contribution < -0.4 is 11.1 Å². The van der Waals surface area contributed by atoms with E-state index in [0.29, 0.717) is 17.2 Å². The van der Waals surface area contributed by atoms with Gasteiger partial charge >= 0.3 is 0 Å². The summed E-state index contributed by atoms with van der Waals surface area (Å²) in [6, 6.07) is 1.87. The van der Waals surface area contributed by atoms with Crippen molar-refractivity contribution in [3.05, 3.63) is 12.3 Å². The van der Waals surface area contributed by atoms with Gasteiger partial charge in [0.1, 0.15) is 0 Å². The summed E-state index contributed by atoms with van der Waals surface area (Å²) < 4.78 is 0. The third-order valence-corrected chi connectivity index (χ3v) is 1.49. The van der Waals surface area contributed by atoms with Gasteiger partial charge in [-0.2, -0.15) is 5.11 Å². The minimum atomic E-state index is 0.245. The molecule has 1 aromatic rings. The van der Waals surface area contributed by atoms with Gasteiger partial charge in [0.25, 0.3) is 0 Å². The van der Waals surface area contributed by atoms with E-state index in [9.17, 15) is 0 Å². The Labute approximate surface area is 76.9 Å². The Morgan fingerprint density at radius 3 is 2.85 bits per heavy atom. The predicted molar refractivity (Wildman–Crippen MR) is 52.2 cm³/mol. The highest BCUT2D eigenvalue weighted by molar-refractivity contribution is 5.74. The predicted octanol–water partition coefficient (Wildman–Crippen LogP) is 2.15. The molecule has 0 spiro atoms. The molecule has 5 heteroatoms. The van der Waals surface area contributed by atoms with Crippen molar-refractivity contribution in [1.82, 2.24) is 4.98 Å². The number of rotatable bonds is 3. The van der Waals surface area contributed by atoms with Crippen LogP contribution in [0.2, 0.25) is 0 Å². The summed E-state index contributed by atoms with van der Waals surface area (Å²) in [5, 5.41) is 6.38. The lowest BCUT2D eigenvalue weighted by Gasteiger charge is -2.11. The van der Waals surface area contributed by atoms with Gasteiger partial charge in [0.2, 0.25) is 0 Å². The summed E-state index contributed by atoms with van der Waals surface area (Å²) in [6.45, 7) is 3.97. The van der Waals surface area contributed by atoms with Crippen molar-refractivity contribution in [2.24, 2.45) is 5.11 Å². The molecule has 0 radical (unpaired) electrons. The van der Waals surface area contributed by atoms with E-state index in [1.54, 1.807) is 12.3 Å². The maximum Gasteiger partial charge on any atom is 0.156 e. The fourth-order valence-electron chi connectivity index (χ4n) is 0.965. The van der Waals surface area contributed by atoms with E-state index in [0.717, 1.165) is 0 Å². The van der Waals surface area contributed by atoms with Crippen molar-refractivity contribution in [1.29, 1.82) is 5.53 Å². The molecule has 0 aliphatic carbocycles. The molecule has 1 heterocycles. The first-order valence-corrected chi connectivity index (χ1v) is 4.03. The molecule has 0 aromatic carbocycles. The van der Waals surface area contributed by atoms with Gasteiger partial charge in [0.05, 0.1) is 5.69 Å². The summed E-state index contributed by atoms with van der Waals surface area (Å²) in [6.07, 6.45) is 1.59. The maximum absolute atomic E-state index is 6.93. The SMILES string of the molecule is CC(C)Nc1nccc(N)c1N=N. The standard InChI is InChI=1S/C8H13N5/c1-5(2)12-8-7(13-10)6(9)3-4-11-8/h3-5,10H,1-2H3,(H3,9,11,12). The summed E-state index contributed by atoms with van der Waals surface area (Å²) >= 11 is 0. The molecule has 0 atom stereocenters. The number of nitrogen functional groups attached to an aromatic ring is 1. The number of aromatic nitrogens is 1. The first kappa shape index (κ1) is 9.44. The zero-order valence-corrected chi connectivity index (χ0v) is 7.70. The second kappa shape index (κ2) is 3.84. The van der Waals surface area contributed by atoms with Crippen LogP contribution in [0.15, 0.2) is 17.4 Å². The quantitative estimate of drug-likeness (QED) is 0.621. The first-order valence-electron chi connectivity index (χ1n) is 4.03. The number of nitrogens with two attached hydrogens (primary N) is 1. The van der Waals surface area contributed by atoms with Crippen molar-refractivity contribution in [2.75, 3.05) is 11.1 Å². The molecule has 0 unspecified atom stereocenters. The molecule has 5 nitrogen and oxygen atoms in total. The lowest BCUT2D eigenvalue weighted by Crippen LogP contribution is -2.11. The largest absolute Gasteiger partial charge is 0.397 e. The van der Waals surface area contributed by atoms with Gasteiger partial charge in [-0.25, -0.2) is 10.5 Å². The smallest absolute Gasteiger partial charge is 0.156 e. The van der Waals surface area contributed by atoms with Gasteiger partial charge in [-0.3, -0.25) is 0 Å². The lowest BCUT2D eigenvalue weighted by atomic mass is 10.3. The fourth-order valence-corrected chi connectivity index (χ4v) is 0.965. The lowest BCUT2D eigenvalue weighted by molar-refractivity contribution is 0.887. The molecule has 0 aliphatic heterocycles. The molecule has 70 valence electrons. The topological polar surface area (TPSA) is 87.2 Å². The number of hydrogen-bond acceptors (Lipinski definition) is 5. The monoisotopic (exact) mass is 179 g/mol.